The molecule has 126 valence electrons. The minimum absolute atomic E-state index is 0.167. The van der Waals surface area contributed by atoms with Crippen LogP contribution < -0.4 is 5.43 Å². The molecule has 1 amide bonds. The zero-order valence-corrected chi connectivity index (χ0v) is 13.2. The molecule has 3 aromatic rings. The van der Waals surface area contributed by atoms with E-state index in [9.17, 15) is 9.59 Å². The summed E-state index contributed by atoms with van der Waals surface area (Å²) in [7, 11) is 0. The number of hydrogen-bond acceptors (Lipinski definition) is 5. The monoisotopic (exact) mass is 338 g/mol. The van der Waals surface area contributed by atoms with Crippen molar-refractivity contribution in [2.24, 2.45) is 5.10 Å². The van der Waals surface area contributed by atoms with Crippen molar-refractivity contribution in [1.29, 1.82) is 0 Å². The summed E-state index contributed by atoms with van der Waals surface area (Å²) >= 11 is 0. The van der Waals surface area contributed by atoms with E-state index in [0.29, 0.717) is 22.8 Å². The summed E-state index contributed by atoms with van der Waals surface area (Å²) < 4.78 is 10.8. The van der Waals surface area contributed by atoms with E-state index in [-0.39, 0.29) is 11.3 Å². The number of rotatable bonds is 5. The van der Waals surface area contributed by atoms with Gasteiger partial charge in [-0.15, -0.1) is 0 Å². The van der Waals surface area contributed by atoms with Gasteiger partial charge >= 0.3 is 11.9 Å². The van der Waals surface area contributed by atoms with Gasteiger partial charge in [0.1, 0.15) is 17.3 Å². The summed E-state index contributed by atoms with van der Waals surface area (Å²) in [4.78, 5) is 22.8. The Hall–Kier alpha value is -3.61. The van der Waals surface area contributed by atoms with E-state index in [1.807, 2.05) is 0 Å². The van der Waals surface area contributed by atoms with Gasteiger partial charge in [0.15, 0.2) is 5.76 Å². The average Bonchev–Trinajstić information content (AvgIpc) is 3.24. The van der Waals surface area contributed by atoms with Crippen LogP contribution in [0.25, 0.3) is 11.3 Å². The normalized spacial score (nSPS) is 10.9. The molecular formula is C18H14N2O5. The number of furan rings is 2. The van der Waals surface area contributed by atoms with E-state index < -0.39 is 11.9 Å². The molecule has 0 saturated heterocycles. The summed E-state index contributed by atoms with van der Waals surface area (Å²) in [6.07, 6.45) is 1.35. The van der Waals surface area contributed by atoms with Gasteiger partial charge in [-0.3, -0.25) is 4.79 Å². The highest BCUT2D eigenvalue weighted by atomic mass is 16.4. The van der Waals surface area contributed by atoms with Crippen LogP contribution in [0.5, 0.6) is 0 Å². The highest BCUT2D eigenvalue weighted by molar-refractivity contribution is 5.92. The van der Waals surface area contributed by atoms with Gasteiger partial charge in [-0.25, -0.2) is 10.2 Å². The first kappa shape index (κ1) is 16.3. The molecule has 1 aromatic carbocycles. The molecule has 0 unspecified atom stereocenters. The number of benzene rings is 1. The average molecular weight is 338 g/mol. The second kappa shape index (κ2) is 6.88. The van der Waals surface area contributed by atoms with Crippen LogP contribution in [0.4, 0.5) is 0 Å². The molecule has 0 aliphatic carbocycles. The topological polar surface area (TPSA) is 105 Å². The predicted molar refractivity (Wildman–Crippen MR) is 89.6 cm³/mol. The van der Waals surface area contributed by atoms with Crippen molar-refractivity contribution < 1.29 is 23.5 Å². The Morgan fingerprint density at radius 3 is 2.68 bits per heavy atom. The summed E-state index contributed by atoms with van der Waals surface area (Å²) in [6, 6.07) is 13.0. The molecule has 2 N–H and O–H groups in total. The number of nitrogens with one attached hydrogen (secondary N) is 1. The molecular weight excluding hydrogens is 324 g/mol. The molecule has 0 spiro atoms. The third-order valence-electron chi connectivity index (χ3n) is 3.34. The standard InChI is InChI=1S/C18H14N2O5/c1-11-5-7-16(24-11)17(21)20-19-10-14-6-8-15(25-14)12-3-2-4-13(9-12)18(22)23/h2-10H,1H3,(H,20,21)(H,22,23)/b19-10+. The van der Waals surface area contributed by atoms with Crippen LogP contribution in [-0.4, -0.2) is 23.2 Å². The summed E-state index contributed by atoms with van der Waals surface area (Å²) in [5.74, 6) is 0.231. The quantitative estimate of drug-likeness (QED) is 0.548. The first-order valence-electron chi connectivity index (χ1n) is 7.36. The maximum absolute atomic E-state index is 11.8. The van der Waals surface area contributed by atoms with Gasteiger partial charge in [0.05, 0.1) is 11.8 Å². The van der Waals surface area contributed by atoms with Crippen LogP contribution in [0.15, 0.2) is 62.5 Å². The van der Waals surface area contributed by atoms with Crippen LogP contribution in [0.3, 0.4) is 0 Å². The SMILES string of the molecule is Cc1ccc(C(=O)N/N=C/c2ccc(-c3cccc(C(=O)O)c3)o2)o1. The van der Waals surface area contributed by atoms with Crippen molar-refractivity contribution in [2.45, 2.75) is 6.92 Å². The maximum Gasteiger partial charge on any atom is 0.335 e. The molecule has 3 rings (SSSR count). The zero-order chi connectivity index (χ0) is 17.8. The van der Waals surface area contributed by atoms with Gasteiger partial charge in [0, 0.05) is 5.56 Å². The molecule has 0 aliphatic heterocycles. The molecule has 2 aromatic heterocycles. The number of hydrogen-bond donors (Lipinski definition) is 2. The van der Waals surface area contributed by atoms with Crippen LogP contribution in [0.2, 0.25) is 0 Å². The molecule has 0 saturated carbocycles. The number of amides is 1. The molecule has 0 fully saturated rings. The Morgan fingerprint density at radius 2 is 1.96 bits per heavy atom. The van der Waals surface area contributed by atoms with Crippen molar-refractivity contribution in [1.82, 2.24) is 5.43 Å². The molecule has 0 aliphatic rings. The lowest BCUT2D eigenvalue weighted by atomic mass is 10.1. The van der Waals surface area contributed by atoms with Crippen molar-refractivity contribution in [3.05, 3.63) is 71.4 Å². The number of carbonyl (C=O) groups excluding carboxylic acids is 1. The predicted octanol–water partition coefficient (Wildman–Crippen LogP) is 3.31. The zero-order valence-electron chi connectivity index (χ0n) is 13.2. The Morgan fingerprint density at radius 1 is 1.12 bits per heavy atom. The van der Waals surface area contributed by atoms with Gasteiger partial charge < -0.3 is 13.9 Å². The number of nitrogens with zero attached hydrogens (tertiary/aromatic N) is 1. The Labute approximate surface area is 142 Å². The largest absolute Gasteiger partial charge is 0.478 e. The first-order chi connectivity index (χ1) is 12.0. The molecule has 25 heavy (non-hydrogen) atoms. The van der Waals surface area contributed by atoms with E-state index in [1.165, 1.54) is 18.3 Å². The van der Waals surface area contributed by atoms with Crippen molar-refractivity contribution >= 4 is 18.1 Å². The van der Waals surface area contributed by atoms with Crippen LogP contribution in [0.1, 0.15) is 32.4 Å². The smallest absolute Gasteiger partial charge is 0.335 e. The van der Waals surface area contributed by atoms with Gasteiger partial charge in [-0.1, -0.05) is 12.1 Å². The molecule has 7 nitrogen and oxygen atoms in total. The lowest BCUT2D eigenvalue weighted by molar-refractivity contribution is 0.0696. The van der Waals surface area contributed by atoms with Crippen LogP contribution in [0, 0.1) is 6.92 Å². The van der Waals surface area contributed by atoms with E-state index in [1.54, 1.807) is 43.3 Å². The van der Waals surface area contributed by atoms with E-state index in [2.05, 4.69) is 10.5 Å². The Balaban J connectivity index is 1.68. The number of carboxylic acid groups (broad SMARTS) is 1. The first-order valence-corrected chi connectivity index (χ1v) is 7.36. The van der Waals surface area contributed by atoms with E-state index in [4.69, 9.17) is 13.9 Å². The highest BCUT2D eigenvalue weighted by Gasteiger charge is 2.09. The van der Waals surface area contributed by atoms with Crippen LogP contribution in [-0.2, 0) is 0 Å². The fourth-order valence-corrected chi connectivity index (χ4v) is 2.15. The van der Waals surface area contributed by atoms with Gasteiger partial charge in [-0.05, 0) is 43.3 Å². The summed E-state index contributed by atoms with van der Waals surface area (Å²) in [5, 5.41) is 12.8. The van der Waals surface area contributed by atoms with Crippen LogP contribution >= 0.6 is 0 Å². The number of carbonyl (C=O) groups is 2. The Kier molecular flexibility index (Phi) is 4.47. The van der Waals surface area contributed by atoms with E-state index >= 15 is 0 Å². The second-order valence-corrected chi connectivity index (χ2v) is 5.20. The summed E-state index contributed by atoms with van der Waals surface area (Å²) in [5.41, 5.74) is 3.14. The number of hydrazone groups is 1. The number of aryl methyl sites for hydroxylation is 1. The second-order valence-electron chi connectivity index (χ2n) is 5.20. The Bertz CT molecular complexity index is 952. The lowest BCUT2D eigenvalue weighted by Crippen LogP contribution is -2.16. The fraction of sp³-hybridized carbons (Fsp3) is 0.0556. The molecule has 2 heterocycles. The summed E-state index contributed by atoms with van der Waals surface area (Å²) in [6.45, 7) is 1.74. The van der Waals surface area contributed by atoms with E-state index in [0.717, 1.165) is 0 Å². The van der Waals surface area contributed by atoms with Crippen molar-refractivity contribution in [3.63, 3.8) is 0 Å². The third kappa shape index (κ3) is 3.84. The van der Waals surface area contributed by atoms with Crippen molar-refractivity contribution in [2.75, 3.05) is 0 Å². The third-order valence-corrected chi connectivity index (χ3v) is 3.34. The number of aromatic carboxylic acids is 1. The minimum atomic E-state index is -1.01. The maximum atomic E-state index is 11.8. The molecule has 0 atom stereocenters. The number of carboxylic acids is 1. The molecule has 0 bridgehead atoms. The lowest BCUT2D eigenvalue weighted by Gasteiger charge is -1.99. The van der Waals surface area contributed by atoms with Crippen molar-refractivity contribution in [3.8, 4) is 11.3 Å². The van der Waals surface area contributed by atoms with Gasteiger partial charge in [-0.2, -0.15) is 5.10 Å². The minimum Gasteiger partial charge on any atom is -0.478 e. The van der Waals surface area contributed by atoms with Gasteiger partial charge in [0.25, 0.3) is 0 Å². The molecule has 7 heteroatoms. The van der Waals surface area contributed by atoms with Gasteiger partial charge in [0.2, 0.25) is 0 Å². The molecule has 0 radical (unpaired) electrons. The highest BCUT2D eigenvalue weighted by Crippen LogP contribution is 2.22. The fourth-order valence-electron chi connectivity index (χ4n) is 2.15.